The van der Waals surface area contributed by atoms with Crippen molar-refractivity contribution in [3.8, 4) is 0 Å². The fraction of sp³-hybridized carbons (Fsp3) is 0.417. The number of carbonyl (C=O) groups is 2. The van der Waals surface area contributed by atoms with E-state index in [-0.39, 0.29) is 34.1 Å². The normalized spacial score (nSPS) is 21.6. The number of ketones is 1. The molecule has 182 valence electrons. The maximum atomic E-state index is 14.2. The van der Waals surface area contributed by atoms with Crippen LogP contribution in [-0.4, -0.2) is 42.7 Å². The van der Waals surface area contributed by atoms with Crippen LogP contribution < -0.4 is 10.6 Å². The van der Waals surface area contributed by atoms with Crippen molar-refractivity contribution in [1.29, 1.82) is 0 Å². The van der Waals surface area contributed by atoms with Crippen LogP contribution in [0.5, 0.6) is 0 Å². The van der Waals surface area contributed by atoms with Crippen molar-refractivity contribution < 1.29 is 31.9 Å². The van der Waals surface area contributed by atoms with Gasteiger partial charge in [0.1, 0.15) is 17.0 Å². The van der Waals surface area contributed by atoms with Crippen molar-refractivity contribution in [3.63, 3.8) is 0 Å². The van der Waals surface area contributed by atoms with Crippen LogP contribution in [0.4, 0.5) is 8.78 Å². The summed E-state index contributed by atoms with van der Waals surface area (Å²) in [6, 6.07) is 6.80. The Morgan fingerprint density at radius 2 is 1.82 bits per heavy atom. The minimum Gasteiger partial charge on any atom is -0.478 e. The first kappa shape index (κ1) is 24.4. The van der Waals surface area contributed by atoms with E-state index in [2.05, 4.69) is 10.6 Å². The molecule has 3 unspecified atom stereocenters. The second-order valence-corrected chi connectivity index (χ2v) is 11.4. The SMILES string of the molecule is CC(NCc1ccc(S(=O)(=O)C2NC2Cc2cc(F)c(C(=O)O)cc2F)cc1)C(=O)C1(C)CC1. The summed E-state index contributed by atoms with van der Waals surface area (Å²) in [5, 5.41) is 13.9. The summed E-state index contributed by atoms with van der Waals surface area (Å²) >= 11 is 0. The first-order valence-corrected chi connectivity index (χ1v) is 12.5. The van der Waals surface area contributed by atoms with E-state index in [0.717, 1.165) is 24.5 Å². The predicted octanol–water partition coefficient (Wildman–Crippen LogP) is 2.82. The Hall–Kier alpha value is -2.69. The third kappa shape index (κ3) is 4.89. The van der Waals surface area contributed by atoms with Crippen LogP contribution in [0, 0.1) is 17.0 Å². The highest BCUT2D eigenvalue weighted by atomic mass is 32.2. The monoisotopic (exact) mass is 492 g/mol. The Bertz CT molecular complexity index is 1240. The van der Waals surface area contributed by atoms with Gasteiger partial charge in [-0.3, -0.25) is 10.1 Å². The van der Waals surface area contributed by atoms with Gasteiger partial charge in [0, 0.05) is 18.0 Å². The fourth-order valence-corrected chi connectivity index (χ4v) is 5.73. The molecule has 1 aliphatic heterocycles. The predicted molar refractivity (Wildman–Crippen MR) is 120 cm³/mol. The second kappa shape index (κ2) is 8.83. The van der Waals surface area contributed by atoms with Gasteiger partial charge in [-0.2, -0.15) is 0 Å². The summed E-state index contributed by atoms with van der Waals surface area (Å²) in [5.41, 5.74) is -0.256. The molecule has 2 aromatic carbocycles. The number of Topliss-reactive ketones (excluding diaryl/α,β-unsaturated/α-hetero) is 1. The Balaban J connectivity index is 1.36. The molecule has 7 nitrogen and oxygen atoms in total. The largest absolute Gasteiger partial charge is 0.478 e. The molecule has 0 spiro atoms. The van der Waals surface area contributed by atoms with Gasteiger partial charge < -0.3 is 10.4 Å². The molecule has 1 saturated heterocycles. The molecule has 2 fully saturated rings. The van der Waals surface area contributed by atoms with Crippen molar-refractivity contribution in [1.82, 2.24) is 10.6 Å². The highest BCUT2D eigenvalue weighted by molar-refractivity contribution is 7.92. The Morgan fingerprint density at radius 1 is 1.18 bits per heavy atom. The highest BCUT2D eigenvalue weighted by Gasteiger charge is 2.48. The smallest absolute Gasteiger partial charge is 0.338 e. The number of aromatic carboxylic acids is 1. The highest BCUT2D eigenvalue weighted by Crippen LogP contribution is 2.46. The molecule has 34 heavy (non-hydrogen) atoms. The average Bonchev–Trinajstić information content (AvgIpc) is 3.71. The quantitative estimate of drug-likeness (QED) is 0.436. The molecule has 1 aliphatic carbocycles. The van der Waals surface area contributed by atoms with E-state index in [1.807, 2.05) is 13.8 Å². The third-order valence-electron chi connectivity index (χ3n) is 6.63. The van der Waals surface area contributed by atoms with Gasteiger partial charge in [0.15, 0.2) is 15.6 Å². The van der Waals surface area contributed by atoms with Crippen LogP contribution >= 0.6 is 0 Å². The fourth-order valence-electron chi connectivity index (χ4n) is 4.04. The van der Waals surface area contributed by atoms with Crippen LogP contribution in [0.1, 0.15) is 48.2 Å². The molecule has 0 aromatic heterocycles. The van der Waals surface area contributed by atoms with Gasteiger partial charge in [-0.15, -0.1) is 0 Å². The number of carboxylic acid groups (broad SMARTS) is 1. The van der Waals surface area contributed by atoms with Gasteiger partial charge in [-0.25, -0.2) is 22.0 Å². The maximum absolute atomic E-state index is 14.2. The van der Waals surface area contributed by atoms with Crippen molar-refractivity contribution in [3.05, 3.63) is 64.7 Å². The zero-order valence-electron chi connectivity index (χ0n) is 18.8. The number of hydrogen-bond acceptors (Lipinski definition) is 6. The number of carboxylic acids is 1. The molecule has 4 rings (SSSR count). The van der Waals surface area contributed by atoms with Crippen LogP contribution in [0.3, 0.4) is 0 Å². The van der Waals surface area contributed by atoms with E-state index in [0.29, 0.717) is 12.6 Å². The molecular formula is C24H26F2N2O5S. The van der Waals surface area contributed by atoms with E-state index >= 15 is 0 Å². The van der Waals surface area contributed by atoms with E-state index in [4.69, 9.17) is 5.11 Å². The van der Waals surface area contributed by atoms with Crippen LogP contribution in [0.2, 0.25) is 0 Å². The summed E-state index contributed by atoms with van der Waals surface area (Å²) in [4.78, 5) is 23.4. The lowest BCUT2D eigenvalue weighted by molar-refractivity contribution is -0.125. The second-order valence-electron chi connectivity index (χ2n) is 9.34. The zero-order valence-corrected chi connectivity index (χ0v) is 19.6. The topological polar surface area (TPSA) is 122 Å². The minimum absolute atomic E-state index is 0.0946. The zero-order chi connectivity index (χ0) is 24.8. The lowest BCUT2D eigenvalue weighted by atomic mass is 9.98. The number of sulfone groups is 1. The van der Waals surface area contributed by atoms with Gasteiger partial charge in [0.05, 0.1) is 16.5 Å². The molecule has 2 aromatic rings. The standard InChI is InChI=1S/C24H26F2N2O5S/c1-13(21(29)24(2)7-8-24)27-12-14-3-5-16(6-4-14)34(32,33)22-20(28-22)10-15-9-19(26)17(23(30)31)11-18(15)25/h3-6,9,11,13,20,22,27-28H,7-8,10,12H2,1-2H3,(H,30,31). The van der Waals surface area contributed by atoms with Crippen molar-refractivity contribution in [2.75, 3.05) is 0 Å². The molecule has 3 atom stereocenters. The molecule has 1 saturated carbocycles. The Morgan fingerprint density at radius 3 is 2.41 bits per heavy atom. The van der Waals surface area contributed by atoms with E-state index in [1.54, 1.807) is 12.1 Å². The molecule has 2 aliphatic rings. The Labute approximate surface area is 196 Å². The molecule has 0 radical (unpaired) electrons. The molecule has 0 amide bonds. The first-order chi connectivity index (χ1) is 15.9. The van der Waals surface area contributed by atoms with E-state index in [9.17, 15) is 26.8 Å². The molecular weight excluding hydrogens is 466 g/mol. The lowest BCUT2D eigenvalue weighted by Gasteiger charge is -2.16. The molecule has 10 heteroatoms. The average molecular weight is 493 g/mol. The lowest BCUT2D eigenvalue weighted by Crippen LogP contribution is -2.37. The van der Waals surface area contributed by atoms with Crippen LogP contribution in [0.25, 0.3) is 0 Å². The maximum Gasteiger partial charge on any atom is 0.338 e. The van der Waals surface area contributed by atoms with Gasteiger partial charge >= 0.3 is 5.97 Å². The van der Waals surface area contributed by atoms with Crippen LogP contribution in [0.15, 0.2) is 41.3 Å². The minimum atomic E-state index is -3.75. The summed E-state index contributed by atoms with van der Waals surface area (Å²) in [6.07, 6.45) is 1.73. The number of nitrogens with one attached hydrogen (secondary N) is 2. The summed E-state index contributed by atoms with van der Waals surface area (Å²) < 4.78 is 53.9. The Kier molecular flexibility index (Phi) is 6.34. The number of halogens is 2. The summed E-state index contributed by atoms with van der Waals surface area (Å²) in [6.45, 7) is 4.21. The molecule has 3 N–H and O–H groups in total. The number of hydrogen-bond donors (Lipinski definition) is 3. The van der Waals surface area contributed by atoms with Gasteiger partial charge in [-0.1, -0.05) is 19.1 Å². The summed E-state index contributed by atoms with van der Waals surface area (Å²) in [7, 11) is -3.75. The number of rotatable bonds is 10. The molecule has 1 heterocycles. The van der Waals surface area contributed by atoms with Gasteiger partial charge in [-0.05, 0) is 61.6 Å². The van der Waals surface area contributed by atoms with E-state index < -0.39 is 44.4 Å². The summed E-state index contributed by atoms with van der Waals surface area (Å²) in [5.74, 6) is -3.37. The van der Waals surface area contributed by atoms with Gasteiger partial charge in [0.25, 0.3) is 0 Å². The molecule has 0 bridgehead atoms. The van der Waals surface area contributed by atoms with Gasteiger partial charge in [0.2, 0.25) is 0 Å². The van der Waals surface area contributed by atoms with Crippen molar-refractivity contribution in [2.45, 2.75) is 62.0 Å². The first-order valence-electron chi connectivity index (χ1n) is 11.0. The van der Waals surface area contributed by atoms with Crippen molar-refractivity contribution >= 4 is 21.6 Å². The van der Waals surface area contributed by atoms with Crippen LogP contribution in [-0.2, 0) is 27.6 Å². The van der Waals surface area contributed by atoms with Crippen molar-refractivity contribution in [2.24, 2.45) is 5.41 Å². The van der Waals surface area contributed by atoms with E-state index in [1.165, 1.54) is 12.1 Å². The number of carbonyl (C=O) groups excluding carboxylic acids is 1. The third-order valence-corrected chi connectivity index (χ3v) is 8.69. The number of benzene rings is 2.